The average Bonchev–Trinajstić information content (AvgIpc) is 2.94. The zero-order valence-corrected chi connectivity index (χ0v) is 17.3. The van der Waals surface area contributed by atoms with Crippen molar-refractivity contribution in [2.45, 2.75) is 51.4 Å². The number of amides is 3. The van der Waals surface area contributed by atoms with Gasteiger partial charge in [0.15, 0.2) is 0 Å². The summed E-state index contributed by atoms with van der Waals surface area (Å²) in [6.45, 7) is 4.23. The van der Waals surface area contributed by atoms with Crippen molar-refractivity contribution >= 4 is 23.4 Å². The fraction of sp³-hybridized carbons (Fsp3) is 0.542. The number of fused-ring (bicyclic) bond motifs is 1. The van der Waals surface area contributed by atoms with E-state index in [1.807, 2.05) is 18.2 Å². The SMILES string of the molecule is C=C1c2ccccc2C(=O)N1CCC(=O)NNC(=O)CC12CC3CC(CC(C3)C1)C2. The monoisotopic (exact) mass is 407 g/mol. The van der Waals surface area contributed by atoms with Gasteiger partial charge in [0.2, 0.25) is 11.8 Å². The van der Waals surface area contributed by atoms with Crippen LogP contribution >= 0.6 is 0 Å². The lowest BCUT2D eigenvalue weighted by atomic mass is 9.49. The van der Waals surface area contributed by atoms with Gasteiger partial charge >= 0.3 is 0 Å². The fourth-order valence-corrected chi connectivity index (χ4v) is 6.88. The molecule has 0 saturated heterocycles. The summed E-state index contributed by atoms with van der Waals surface area (Å²) in [4.78, 5) is 38.8. The van der Waals surface area contributed by atoms with Gasteiger partial charge in [0.1, 0.15) is 0 Å². The first kappa shape index (κ1) is 19.3. The zero-order valence-electron chi connectivity index (χ0n) is 17.3. The van der Waals surface area contributed by atoms with Crippen molar-refractivity contribution in [3.8, 4) is 0 Å². The standard InChI is InChI=1S/C24H29N3O3/c1-15-19-4-2-3-5-20(19)23(30)27(15)7-6-21(28)25-26-22(29)14-24-11-16-8-17(12-24)10-18(9-16)13-24/h2-5,16-18H,1,6-14H2,(H,25,28)(H,26,29). The smallest absolute Gasteiger partial charge is 0.258 e. The van der Waals surface area contributed by atoms with Gasteiger partial charge in [-0.3, -0.25) is 25.2 Å². The first-order chi connectivity index (χ1) is 14.4. The van der Waals surface area contributed by atoms with Gasteiger partial charge in [0, 0.05) is 36.2 Å². The molecular weight excluding hydrogens is 378 g/mol. The molecule has 6 rings (SSSR count). The molecule has 0 spiro atoms. The predicted octanol–water partition coefficient (Wildman–Crippen LogP) is 3.26. The lowest BCUT2D eigenvalue weighted by molar-refractivity contribution is -0.134. The summed E-state index contributed by atoms with van der Waals surface area (Å²) in [6.07, 6.45) is 8.16. The van der Waals surface area contributed by atoms with E-state index in [0.29, 0.717) is 17.7 Å². The first-order valence-corrected chi connectivity index (χ1v) is 11.1. The highest BCUT2D eigenvalue weighted by atomic mass is 16.2. The summed E-state index contributed by atoms with van der Waals surface area (Å²) in [6, 6.07) is 7.32. The molecule has 0 aromatic heterocycles. The largest absolute Gasteiger partial charge is 0.308 e. The normalized spacial score (nSPS) is 31.1. The van der Waals surface area contributed by atoms with Crippen LogP contribution in [0.1, 0.15) is 67.3 Å². The van der Waals surface area contributed by atoms with Crippen LogP contribution in [0.15, 0.2) is 30.8 Å². The minimum absolute atomic E-state index is 0.0978. The Labute approximate surface area is 177 Å². The van der Waals surface area contributed by atoms with Crippen LogP contribution < -0.4 is 10.9 Å². The second-order valence-electron chi connectivity index (χ2n) is 9.89. The summed E-state index contributed by atoms with van der Waals surface area (Å²) >= 11 is 0. The van der Waals surface area contributed by atoms with Crippen LogP contribution in [-0.2, 0) is 9.59 Å². The molecule has 1 aliphatic heterocycles. The molecule has 0 radical (unpaired) electrons. The van der Waals surface area contributed by atoms with Gasteiger partial charge in [-0.2, -0.15) is 0 Å². The molecule has 1 heterocycles. The summed E-state index contributed by atoms with van der Waals surface area (Å²) in [5.41, 5.74) is 7.34. The maximum atomic E-state index is 12.5. The molecule has 4 fully saturated rings. The van der Waals surface area contributed by atoms with E-state index in [2.05, 4.69) is 17.4 Å². The van der Waals surface area contributed by atoms with Crippen molar-refractivity contribution in [3.05, 3.63) is 42.0 Å². The van der Waals surface area contributed by atoms with Crippen LogP contribution in [0.3, 0.4) is 0 Å². The summed E-state index contributed by atoms with van der Waals surface area (Å²) in [5.74, 6) is 1.87. The number of carbonyl (C=O) groups is 3. The number of nitrogens with zero attached hydrogens (tertiary/aromatic N) is 1. The van der Waals surface area contributed by atoms with Gasteiger partial charge in [-0.1, -0.05) is 24.8 Å². The number of nitrogens with one attached hydrogen (secondary N) is 2. The topological polar surface area (TPSA) is 78.5 Å². The summed E-state index contributed by atoms with van der Waals surface area (Å²) < 4.78 is 0. The number of hydrogen-bond acceptors (Lipinski definition) is 3. The van der Waals surface area contributed by atoms with Gasteiger partial charge in [-0.05, 0) is 67.8 Å². The van der Waals surface area contributed by atoms with Crippen molar-refractivity contribution in [2.24, 2.45) is 23.2 Å². The number of hydrogen-bond donors (Lipinski definition) is 2. The van der Waals surface area contributed by atoms with Crippen molar-refractivity contribution in [1.82, 2.24) is 15.8 Å². The van der Waals surface area contributed by atoms with Crippen molar-refractivity contribution in [3.63, 3.8) is 0 Å². The van der Waals surface area contributed by atoms with Gasteiger partial charge in [0.25, 0.3) is 5.91 Å². The van der Waals surface area contributed by atoms with Crippen molar-refractivity contribution in [2.75, 3.05) is 6.54 Å². The Bertz CT molecular complexity index is 852. The Hall–Kier alpha value is -2.63. The number of benzene rings is 1. The molecule has 3 amide bonds. The van der Waals surface area contributed by atoms with E-state index in [0.717, 1.165) is 23.3 Å². The van der Waals surface area contributed by atoms with Gasteiger partial charge in [-0.15, -0.1) is 0 Å². The van der Waals surface area contributed by atoms with E-state index in [9.17, 15) is 14.4 Å². The summed E-state index contributed by atoms with van der Waals surface area (Å²) in [5, 5.41) is 0. The first-order valence-electron chi connectivity index (χ1n) is 11.1. The van der Waals surface area contributed by atoms with Crippen LogP contribution in [0.5, 0.6) is 0 Å². The molecule has 2 N–H and O–H groups in total. The average molecular weight is 408 g/mol. The minimum atomic E-state index is -0.301. The molecule has 30 heavy (non-hydrogen) atoms. The van der Waals surface area contributed by atoms with E-state index >= 15 is 0 Å². The molecule has 6 nitrogen and oxygen atoms in total. The Morgan fingerprint density at radius 3 is 2.13 bits per heavy atom. The number of rotatable bonds is 5. The zero-order chi connectivity index (χ0) is 20.9. The molecule has 1 aromatic carbocycles. The van der Waals surface area contributed by atoms with Crippen LogP contribution in [0.25, 0.3) is 5.70 Å². The third kappa shape index (κ3) is 3.42. The molecule has 5 aliphatic rings. The van der Waals surface area contributed by atoms with Gasteiger partial charge in [-0.25, -0.2) is 0 Å². The Morgan fingerprint density at radius 1 is 0.967 bits per heavy atom. The Morgan fingerprint density at radius 2 is 1.53 bits per heavy atom. The second kappa shape index (κ2) is 7.25. The highest BCUT2D eigenvalue weighted by Crippen LogP contribution is 2.61. The van der Waals surface area contributed by atoms with Crippen molar-refractivity contribution < 1.29 is 14.4 Å². The Balaban J connectivity index is 1.09. The van der Waals surface area contributed by atoms with Crippen LogP contribution in [0.4, 0.5) is 0 Å². The molecule has 4 saturated carbocycles. The van der Waals surface area contributed by atoms with Crippen LogP contribution in [0.2, 0.25) is 0 Å². The van der Waals surface area contributed by atoms with E-state index in [1.54, 1.807) is 6.07 Å². The van der Waals surface area contributed by atoms with E-state index in [-0.39, 0.29) is 36.1 Å². The lowest BCUT2D eigenvalue weighted by Gasteiger charge is -2.56. The third-order valence-corrected chi connectivity index (χ3v) is 7.64. The fourth-order valence-electron chi connectivity index (χ4n) is 6.88. The maximum absolute atomic E-state index is 12.5. The molecule has 4 bridgehead atoms. The molecule has 158 valence electrons. The summed E-state index contributed by atoms with van der Waals surface area (Å²) in [7, 11) is 0. The predicted molar refractivity (Wildman–Crippen MR) is 113 cm³/mol. The van der Waals surface area contributed by atoms with Gasteiger partial charge < -0.3 is 4.90 Å². The highest BCUT2D eigenvalue weighted by molar-refractivity contribution is 6.08. The molecule has 6 heteroatoms. The van der Waals surface area contributed by atoms with Crippen LogP contribution in [0, 0.1) is 23.2 Å². The van der Waals surface area contributed by atoms with E-state index < -0.39 is 0 Å². The van der Waals surface area contributed by atoms with Gasteiger partial charge in [0.05, 0.1) is 0 Å². The van der Waals surface area contributed by atoms with Crippen LogP contribution in [-0.4, -0.2) is 29.2 Å². The number of carbonyl (C=O) groups excluding carboxylic acids is 3. The third-order valence-electron chi connectivity index (χ3n) is 7.64. The highest BCUT2D eigenvalue weighted by Gasteiger charge is 2.51. The molecular formula is C24H29N3O3. The second-order valence-corrected chi connectivity index (χ2v) is 9.89. The van der Waals surface area contributed by atoms with Crippen molar-refractivity contribution in [1.29, 1.82) is 0 Å². The van der Waals surface area contributed by atoms with E-state index in [1.165, 1.54) is 43.4 Å². The number of hydrazine groups is 1. The molecule has 0 unspecified atom stereocenters. The minimum Gasteiger partial charge on any atom is -0.308 e. The molecule has 4 aliphatic carbocycles. The Kier molecular flexibility index (Phi) is 4.68. The molecule has 0 atom stereocenters. The maximum Gasteiger partial charge on any atom is 0.258 e. The van der Waals surface area contributed by atoms with E-state index in [4.69, 9.17) is 0 Å². The lowest BCUT2D eigenvalue weighted by Crippen LogP contribution is -2.50. The molecule has 1 aromatic rings. The quantitative estimate of drug-likeness (QED) is 0.736.